The number of hydrogen-bond donors (Lipinski definition) is 0. The normalized spacial score (nSPS) is 25.0. The third-order valence-electron chi connectivity index (χ3n) is 4.48. The smallest absolute Gasteiger partial charge is 0.170 e. The Morgan fingerprint density at radius 2 is 2.05 bits per heavy atom. The molecule has 2 aliphatic rings. The van der Waals surface area contributed by atoms with E-state index in [1.165, 1.54) is 12.1 Å². The average Bonchev–Trinajstić information content (AvgIpc) is 2.48. The van der Waals surface area contributed by atoms with Gasteiger partial charge < -0.3 is 9.47 Å². The van der Waals surface area contributed by atoms with Gasteiger partial charge in [0.15, 0.2) is 5.78 Å². The molecule has 2 heterocycles. The Morgan fingerprint density at radius 1 is 1.29 bits per heavy atom. The van der Waals surface area contributed by atoms with Gasteiger partial charge in [-0.15, -0.1) is 0 Å². The molecule has 1 unspecified atom stereocenters. The largest absolute Gasteiger partial charge is 0.381 e. The van der Waals surface area contributed by atoms with Gasteiger partial charge in [-0.3, -0.25) is 4.79 Å². The fraction of sp³-hybridized carbons (Fsp3) is 0.562. The van der Waals surface area contributed by atoms with Crippen molar-refractivity contribution in [2.45, 2.75) is 31.3 Å². The number of Topliss-reactive ketones (excluding diaryl/α,β-unsaturated/α-hetero) is 1. The van der Waals surface area contributed by atoms with E-state index in [1.807, 2.05) is 0 Å². The molecular formula is C16H18ClFO3. The molecule has 1 aromatic carbocycles. The topological polar surface area (TPSA) is 35.5 Å². The monoisotopic (exact) mass is 312 g/mol. The van der Waals surface area contributed by atoms with Crippen molar-refractivity contribution < 1.29 is 18.7 Å². The lowest BCUT2D eigenvalue weighted by Gasteiger charge is -2.43. The van der Waals surface area contributed by atoms with Crippen molar-refractivity contribution in [1.29, 1.82) is 0 Å². The van der Waals surface area contributed by atoms with Crippen molar-refractivity contribution in [1.82, 2.24) is 0 Å². The highest BCUT2D eigenvalue weighted by Gasteiger charge is 2.41. The Morgan fingerprint density at radius 3 is 2.76 bits per heavy atom. The van der Waals surface area contributed by atoms with Crippen molar-refractivity contribution in [3.8, 4) is 0 Å². The van der Waals surface area contributed by atoms with E-state index in [-0.39, 0.29) is 27.9 Å². The highest BCUT2D eigenvalue weighted by atomic mass is 35.5. The Balaban J connectivity index is 1.81. The van der Waals surface area contributed by atoms with E-state index >= 15 is 0 Å². The Labute approximate surface area is 128 Å². The van der Waals surface area contributed by atoms with Gasteiger partial charge >= 0.3 is 0 Å². The first-order chi connectivity index (χ1) is 10.1. The van der Waals surface area contributed by atoms with Crippen LogP contribution in [0.3, 0.4) is 0 Å². The fourth-order valence-corrected chi connectivity index (χ4v) is 3.54. The van der Waals surface area contributed by atoms with Crippen LogP contribution in [0.4, 0.5) is 4.39 Å². The third-order valence-corrected chi connectivity index (χ3v) is 4.79. The molecule has 0 aromatic heterocycles. The Kier molecular flexibility index (Phi) is 4.29. The van der Waals surface area contributed by atoms with Gasteiger partial charge in [0.1, 0.15) is 5.82 Å². The molecule has 2 fully saturated rings. The number of rotatable bonds is 2. The summed E-state index contributed by atoms with van der Waals surface area (Å²) >= 11 is 6.01. The summed E-state index contributed by atoms with van der Waals surface area (Å²) in [6.07, 6.45) is 2.83. The molecule has 0 bridgehead atoms. The van der Waals surface area contributed by atoms with E-state index in [1.54, 1.807) is 6.07 Å². The van der Waals surface area contributed by atoms with Crippen LogP contribution in [0.1, 0.15) is 36.0 Å². The van der Waals surface area contributed by atoms with Gasteiger partial charge in [-0.05, 0) is 37.8 Å². The van der Waals surface area contributed by atoms with E-state index < -0.39 is 5.82 Å². The van der Waals surface area contributed by atoms with Gasteiger partial charge in [0.2, 0.25) is 0 Å². The van der Waals surface area contributed by atoms with Crippen LogP contribution in [0.15, 0.2) is 18.2 Å². The van der Waals surface area contributed by atoms with Crippen LogP contribution >= 0.6 is 11.6 Å². The number of halogens is 2. The van der Waals surface area contributed by atoms with Crippen molar-refractivity contribution in [3.63, 3.8) is 0 Å². The summed E-state index contributed by atoms with van der Waals surface area (Å²) in [6, 6.07) is 4.35. The number of benzene rings is 1. The standard InChI is InChI=1S/C16H18ClFO3/c17-12-2-1-3-13(18)14(12)15(19)11-4-7-21-16(10-11)5-8-20-9-6-16/h1-3,11H,4-10H2. The molecule has 2 saturated heterocycles. The zero-order valence-electron chi connectivity index (χ0n) is 11.7. The van der Waals surface area contributed by atoms with E-state index in [2.05, 4.69) is 0 Å². The molecule has 0 radical (unpaired) electrons. The second-order valence-electron chi connectivity index (χ2n) is 5.79. The first-order valence-electron chi connectivity index (χ1n) is 7.31. The molecule has 1 spiro atoms. The third kappa shape index (κ3) is 2.98. The molecular weight excluding hydrogens is 295 g/mol. The van der Waals surface area contributed by atoms with E-state index in [0.29, 0.717) is 32.7 Å². The molecule has 1 aromatic rings. The average molecular weight is 313 g/mol. The molecule has 0 amide bonds. The van der Waals surface area contributed by atoms with Crippen LogP contribution in [-0.4, -0.2) is 31.2 Å². The number of carbonyl (C=O) groups excluding carboxylic acids is 1. The lowest BCUT2D eigenvalue weighted by molar-refractivity contribution is -0.142. The molecule has 0 saturated carbocycles. The number of hydrogen-bond acceptors (Lipinski definition) is 3. The quantitative estimate of drug-likeness (QED) is 0.782. The van der Waals surface area contributed by atoms with Crippen molar-refractivity contribution in [2.75, 3.05) is 19.8 Å². The molecule has 0 N–H and O–H groups in total. The summed E-state index contributed by atoms with van der Waals surface area (Å²) in [5.74, 6) is -0.974. The first kappa shape index (κ1) is 14.9. The molecule has 2 aliphatic heterocycles. The Bertz CT molecular complexity index is 515. The summed E-state index contributed by atoms with van der Waals surface area (Å²) in [5.41, 5.74) is -0.262. The van der Waals surface area contributed by atoms with Gasteiger partial charge in [-0.25, -0.2) is 4.39 Å². The van der Waals surface area contributed by atoms with Crippen molar-refractivity contribution >= 4 is 17.4 Å². The van der Waals surface area contributed by atoms with Gasteiger partial charge in [-0.1, -0.05) is 17.7 Å². The van der Waals surface area contributed by atoms with Crippen LogP contribution in [0.5, 0.6) is 0 Å². The molecule has 114 valence electrons. The maximum atomic E-state index is 13.9. The lowest BCUT2D eigenvalue weighted by atomic mass is 9.78. The summed E-state index contributed by atoms with van der Waals surface area (Å²) in [6.45, 7) is 1.84. The molecule has 3 nitrogen and oxygen atoms in total. The predicted octanol–water partition coefficient (Wildman–Crippen LogP) is 3.64. The van der Waals surface area contributed by atoms with Gasteiger partial charge in [-0.2, -0.15) is 0 Å². The lowest BCUT2D eigenvalue weighted by Crippen LogP contribution is -2.46. The van der Waals surface area contributed by atoms with Gasteiger partial charge in [0.25, 0.3) is 0 Å². The second-order valence-corrected chi connectivity index (χ2v) is 6.20. The summed E-state index contributed by atoms with van der Waals surface area (Å²) in [4.78, 5) is 12.7. The van der Waals surface area contributed by atoms with Crippen LogP contribution in [0.2, 0.25) is 5.02 Å². The molecule has 0 aliphatic carbocycles. The van der Waals surface area contributed by atoms with Crippen LogP contribution in [-0.2, 0) is 9.47 Å². The molecule has 1 atom stereocenters. The van der Waals surface area contributed by atoms with E-state index in [9.17, 15) is 9.18 Å². The summed E-state index contributed by atoms with van der Waals surface area (Å²) < 4.78 is 25.2. The van der Waals surface area contributed by atoms with E-state index in [0.717, 1.165) is 12.8 Å². The van der Waals surface area contributed by atoms with Crippen LogP contribution in [0.25, 0.3) is 0 Å². The van der Waals surface area contributed by atoms with E-state index in [4.69, 9.17) is 21.1 Å². The van der Waals surface area contributed by atoms with Gasteiger partial charge in [0, 0.05) is 25.7 Å². The minimum atomic E-state index is -0.542. The minimum Gasteiger partial charge on any atom is -0.381 e. The molecule has 5 heteroatoms. The number of carbonyl (C=O) groups is 1. The van der Waals surface area contributed by atoms with Crippen LogP contribution in [0, 0.1) is 11.7 Å². The van der Waals surface area contributed by atoms with Crippen LogP contribution < -0.4 is 0 Å². The predicted molar refractivity (Wildman–Crippen MR) is 77.2 cm³/mol. The maximum absolute atomic E-state index is 13.9. The Hall–Kier alpha value is -0.970. The SMILES string of the molecule is O=C(c1c(F)cccc1Cl)C1CCOC2(CCOCC2)C1. The zero-order chi connectivity index (χ0) is 14.9. The molecule has 21 heavy (non-hydrogen) atoms. The second kappa shape index (κ2) is 6.03. The van der Waals surface area contributed by atoms with Gasteiger partial charge in [0.05, 0.1) is 16.2 Å². The maximum Gasteiger partial charge on any atom is 0.170 e. The minimum absolute atomic E-state index is 0.0216. The van der Waals surface area contributed by atoms with Crippen molar-refractivity contribution in [3.05, 3.63) is 34.6 Å². The summed E-state index contributed by atoms with van der Waals surface area (Å²) in [5, 5.41) is 0.188. The highest BCUT2D eigenvalue weighted by molar-refractivity contribution is 6.34. The molecule has 3 rings (SSSR count). The number of ketones is 1. The zero-order valence-corrected chi connectivity index (χ0v) is 12.5. The van der Waals surface area contributed by atoms with Crippen molar-refractivity contribution in [2.24, 2.45) is 5.92 Å². The summed E-state index contributed by atoms with van der Waals surface area (Å²) in [7, 11) is 0. The fourth-order valence-electron chi connectivity index (χ4n) is 3.28. The number of ether oxygens (including phenoxy) is 2. The highest BCUT2D eigenvalue weighted by Crippen LogP contribution is 2.39. The first-order valence-corrected chi connectivity index (χ1v) is 7.69.